The summed E-state index contributed by atoms with van der Waals surface area (Å²) in [7, 11) is 0. The summed E-state index contributed by atoms with van der Waals surface area (Å²) in [6.07, 6.45) is 0. The van der Waals surface area contributed by atoms with Crippen molar-refractivity contribution in [2.45, 2.75) is 24.5 Å². The van der Waals surface area contributed by atoms with Gasteiger partial charge in [0.1, 0.15) is 5.01 Å². The molecule has 1 aromatic carbocycles. The van der Waals surface area contributed by atoms with Gasteiger partial charge in [0.2, 0.25) is 0 Å². The van der Waals surface area contributed by atoms with Crippen molar-refractivity contribution in [1.82, 2.24) is 4.98 Å². The Morgan fingerprint density at radius 2 is 2.00 bits per heavy atom. The zero-order chi connectivity index (χ0) is 13.1. The zero-order valence-corrected chi connectivity index (χ0v) is 11.8. The Morgan fingerprint density at radius 3 is 2.56 bits per heavy atom. The number of carboxylic acids is 1. The van der Waals surface area contributed by atoms with Crippen molar-refractivity contribution in [3.05, 3.63) is 45.4 Å². The summed E-state index contributed by atoms with van der Waals surface area (Å²) < 4.78 is 0. The number of aryl methyl sites for hydroxylation is 2. The molecular weight excluding hydrogens is 266 g/mol. The maximum atomic E-state index is 10.9. The van der Waals surface area contributed by atoms with E-state index in [0.717, 1.165) is 9.88 Å². The molecule has 0 spiro atoms. The predicted molar refractivity (Wildman–Crippen MR) is 74.6 cm³/mol. The standard InChI is InChI=1S/C13H13NO2S2/c1-8-3-5-10(6-4-8)17-7-11-14-12(13(15)16)9(2)18-11/h3-6H,7H2,1-2H3,(H,15,16). The van der Waals surface area contributed by atoms with Gasteiger partial charge in [-0.15, -0.1) is 23.1 Å². The number of rotatable bonds is 4. The van der Waals surface area contributed by atoms with E-state index in [1.807, 2.05) is 0 Å². The SMILES string of the molecule is Cc1ccc(SCc2nc(C(=O)O)c(C)s2)cc1. The fraction of sp³-hybridized carbons (Fsp3) is 0.231. The molecule has 94 valence electrons. The Bertz CT molecular complexity index is 561. The van der Waals surface area contributed by atoms with E-state index in [1.165, 1.54) is 21.8 Å². The van der Waals surface area contributed by atoms with Gasteiger partial charge in [-0.3, -0.25) is 0 Å². The number of benzene rings is 1. The van der Waals surface area contributed by atoms with Crippen LogP contribution >= 0.6 is 23.1 Å². The van der Waals surface area contributed by atoms with E-state index in [9.17, 15) is 4.79 Å². The molecule has 0 atom stereocenters. The van der Waals surface area contributed by atoms with Crippen molar-refractivity contribution in [3.63, 3.8) is 0 Å². The topological polar surface area (TPSA) is 50.2 Å². The van der Waals surface area contributed by atoms with Crippen LogP contribution in [0, 0.1) is 13.8 Å². The highest BCUT2D eigenvalue weighted by Crippen LogP contribution is 2.26. The van der Waals surface area contributed by atoms with Gasteiger partial charge in [-0.05, 0) is 26.0 Å². The highest BCUT2D eigenvalue weighted by Gasteiger charge is 2.13. The third-order valence-corrected chi connectivity index (χ3v) is 4.60. The molecule has 18 heavy (non-hydrogen) atoms. The maximum Gasteiger partial charge on any atom is 0.355 e. The number of thiazole rings is 1. The van der Waals surface area contributed by atoms with Crippen LogP contribution in [0.25, 0.3) is 0 Å². The summed E-state index contributed by atoms with van der Waals surface area (Å²) in [6, 6.07) is 8.27. The van der Waals surface area contributed by atoms with Crippen LogP contribution in [0.15, 0.2) is 29.2 Å². The first kappa shape index (κ1) is 13.1. The Kier molecular flexibility index (Phi) is 4.04. The van der Waals surface area contributed by atoms with Gasteiger partial charge in [0, 0.05) is 9.77 Å². The van der Waals surface area contributed by atoms with Crippen molar-refractivity contribution in [3.8, 4) is 0 Å². The van der Waals surface area contributed by atoms with Gasteiger partial charge in [-0.2, -0.15) is 0 Å². The van der Waals surface area contributed by atoms with Gasteiger partial charge < -0.3 is 5.11 Å². The van der Waals surface area contributed by atoms with Crippen molar-refractivity contribution >= 4 is 29.1 Å². The molecule has 3 nitrogen and oxygen atoms in total. The molecule has 0 aliphatic carbocycles. The summed E-state index contributed by atoms with van der Waals surface area (Å²) in [5, 5.41) is 9.79. The quantitative estimate of drug-likeness (QED) is 0.866. The van der Waals surface area contributed by atoms with Gasteiger partial charge in [0.25, 0.3) is 0 Å². The van der Waals surface area contributed by atoms with E-state index < -0.39 is 5.97 Å². The smallest absolute Gasteiger partial charge is 0.355 e. The fourth-order valence-electron chi connectivity index (χ4n) is 1.49. The van der Waals surface area contributed by atoms with Crippen LogP contribution in [-0.4, -0.2) is 16.1 Å². The Labute approximate surface area is 114 Å². The Morgan fingerprint density at radius 1 is 1.33 bits per heavy atom. The molecule has 0 fully saturated rings. The molecule has 1 heterocycles. The minimum Gasteiger partial charge on any atom is -0.476 e. The van der Waals surface area contributed by atoms with E-state index in [2.05, 4.69) is 36.2 Å². The number of carboxylic acid groups (broad SMARTS) is 1. The molecule has 1 aromatic heterocycles. The van der Waals surface area contributed by atoms with Crippen LogP contribution in [0.3, 0.4) is 0 Å². The number of aromatic carboxylic acids is 1. The molecular formula is C13H13NO2S2. The van der Waals surface area contributed by atoms with Gasteiger partial charge in [-0.1, -0.05) is 17.7 Å². The molecule has 2 rings (SSSR count). The van der Waals surface area contributed by atoms with Crippen LogP contribution in [0.2, 0.25) is 0 Å². The first-order valence-electron chi connectivity index (χ1n) is 5.45. The molecule has 2 aromatic rings. The number of aromatic nitrogens is 1. The number of carbonyl (C=O) groups is 1. The Balaban J connectivity index is 2.04. The number of hydrogen-bond acceptors (Lipinski definition) is 4. The summed E-state index contributed by atoms with van der Waals surface area (Å²) in [6.45, 7) is 3.85. The van der Waals surface area contributed by atoms with Crippen LogP contribution in [0.4, 0.5) is 0 Å². The second-order valence-electron chi connectivity index (χ2n) is 3.92. The van der Waals surface area contributed by atoms with Gasteiger partial charge in [0.05, 0.1) is 5.75 Å². The monoisotopic (exact) mass is 279 g/mol. The van der Waals surface area contributed by atoms with E-state index in [-0.39, 0.29) is 5.69 Å². The van der Waals surface area contributed by atoms with E-state index in [4.69, 9.17) is 5.11 Å². The second kappa shape index (κ2) is 5.54. The lowest BCUT2D eigenvalue weighted by Crippen LogP contribution is -1.98. The third kappa shape index (κ3) is 3.11. The van der Waals surface area contributed by atoms with E-state index in [0.29, 0.717) is 5.75 Å². The molecule has 1 N–H and O–H groups in total. The number of nitrogens with zero attached hydrogens (tertiary/aromatic N) is 1. The summed E-state index contributed by atoms with van der Waals surface area (Å²) in [5.74, 6) is -0.239. The minimum atomic E-state index is -0.949. The van der Waals surface area contributed by atoms with Crippen LogP contribution < -0.4 is 0 Å². The number of hydrogen-bond donors (Lipinski definition) is 1. The number of thioether (sulfide) groups is 1. The van der Waals surface area contributed by atoms with Gasteiger partial charge in [-0.25, -0.2) is 9.78 Å². The average Bonchev–Trinajstić information content (AvgIpc) is 2.70. The highest BCUT2D eigenvalue weighted by atomic mass is 32.2. The highest BCUT2D eigenvalue weighted by molar-refractivity contribution is 7.98. The second-order valence-corrected chi connectivity index (χ2v) is 6.26. The van der Waals surface area contributed by atoms with Crippen molar-refractivity contribution in [2.75, 3.05) is 0 Å². The third-order valence-electron chi connectivity index (χ3n) is 2.43. The summed E-state index contributed by atoms with van der Waals surface area (Å²) >= 11 is 3.12. The average molecular weight is 279 g/mol. The lowest BCUT2D eigenvalue weighted by molar-refractivity contribution is 0.0690. The molecule has 0 aliphatic rings. The molecule has 5 heteroatoms. The lowest BCUT2D eigenvalue weighted by Gasteiger charge is -1.99. The molecule has 0 radical (unpaired) electrons. The van der Waals surface area contributed by atoms with Crippen LogP contribution in [0.1, 0.15) is 25.9 Å². The van der Waals surface area contributed by atoms with Gasteiger partial charge >= 0.3 is 5.97 Å². The Hall–Kier alpha value is -1.33. The first-order valence-corrected chi connectivity index (χ1v) is 7.25. The molecule has 0 aliphatic heterocycles. The van der Waals surface area contributed by atoms with E-state index in [1.54, 1.807) is 18.7 Å². The van der Waals surface area contributed by atoms with Crippen molar-refractivity contribution < 1.29 is 9.90 Å². The van der Waals surface area contributed by atoms with Crippen molar-refractivity contribution in [2.24, 2.45) is 0 Å². The first-order chi connectivity index (χ1) is 8.56. The maximum absolute atomic E-state index is 10.9. The summed E-state index contributed by atoms with van der Waals surface area (Å²) in [5.41, 5.74) is 1.41. The zero-order valence-electron chi connectivity index (χ0n) is 10.1. The summed E-state index contributed by atoms with van der Waals surface area (Å²) in [4.78, 5) is 17.0. The molecule has 0 saturated heterocycles. The lowest BCUT2D eigenvalue weighted by atomic mass is 10.2. The molecule has 0 amide bonds. The van der Waals surface area contributed by atoms with Crippen molar-refractivity contribution in [1.29, 1.82) is 0 Å². The largest absolute Gasteiger partial charge is 0.476 e. The fourth-order valence-corrected chi connectivity index (χ4v) is 3.31. The van der Waals surface area contributed by atoms with Crippen LogP contribution in [-0.2, 0) is 5.75 Å². The molecule has 0 bridgehead atoms. The van der Waals surface area contributed by atoms with E-state index >= 15 is 0 Å². The minimum absolute atomic E-state index is 0.180. The molecule has 0 saturated carbocycles. The van der Waals surface area contributed by atoms with Crippen LogP contribution in [0.5, 0.6) is 0 Å². The predicted octanol–water partition coefficient (Wildman–Crippen LogP) is 3.75. The molecule has 0 unspecified atom stereocenters. The van der Waals surface area contributed by atoms with Gasteiger partial charge in [0.15, 0.2) is 5.69 Å². The normalized spacial score (nSPS) is 10.6.